The standard InChI is InChI=1S/C13H14ClNO3/c1-2-15(12(16)7-8-13(17)18)9-10-3-5-11(14)6-4-10/h3-8H,2,9H2,1H3,(H,17,18)/b8-7+. The van der Waals surface area contributed by atoms with Gasteiger partial charge in [-0.1, -0.05) is 23.7 Å². The third kappa shape index (κ3) is 4.59. The van der Waals surface area contributed by atoms with Gasteiger partial charge in [0, 0.05) is 30.3 Å². The van der Waals surface area contributed by atoms with Crippen LogP contribution in [0.5, 0.6) is 0 Å². The van der Waals surface area contributed by atoms with Gasteiger partial charge in [-0.05, 0) is 24.6 Å². The molecule has 0 aliphatic carbocycles. The van der Waals surface area contributed by atoms with Crippen molar-refractivity contribution < 1.29 is 14.7 Å². The Kier molecular flexibility index (Phi) is 5.39. The average molecular weight is 268 g/mol. The minimum atomic E-state index is -1.13. The van der Waals surface area contributed by atoms with E-state index in [1.807, 2.05) is 19.1 Å². The van der Waals surface area contributed by atoms with Gasteiger partial charge in [-0.25, -0.2) is 4.79 Å². The van der Waals surface area contributed by atoms with E-state index in [4.69, 9.17) is 16.7 Å². The Hall–Kier alpha value is -1.81. The second-order valence-electron chi connectivity index (χ2n) is 3.65. The molecule has 0 unspecified atom stereocenters. The summed E-state index contributed by atoms with van der Waals surface area (Å²) < 4.78 is 0. The molecule has 0 bridgehead atoms. The van der Waals surface area contributed by atoms with E-state index in [2.05, 4.69) is 0 Å². The molecule has 1 N–H and O–H groups in total. The Morgan fingerprint density at radius 3 is 2.39 bits per heavy atom. The van der Waals surface area contributed by atoms with Crippen molar-refractivity contribution in [3.05, 3.63) is 47.0 Å². The Balaban J connectivity index is 2.69. The van der Waals surface area contributed by atoms with Crippen molar-refractivity contribution >= 4 is 23.5 Å². The van der Waals surface area contributed by atoms with Crippen LogP contribution in [-0.2, 0) is 16.1 Å². The van der Waals surface area contributed by atoms with Crippen molar-refractivity contribution in [1.82, 2.24) is 4.90 Å². The zero-order valence-electron chi connectivity index (χ0n) is 9.97. The molecule has 1 amide bonds. The van der Waals surface area contributed by atoms with Crippen LogP contribution in [-0.4, -0.2) is 28.4 Å². The van der Waals surface area contributed by atoms with Crippen LogP contribution in [0.15, 0.2) is 36.4 Å². The average Bonchev–Trinajstić information content (AvgIpc) is 2.35. The highest BCUT2D eigenvalue weighted by Crippen LogP contribution is 2.11. The number of nitrogens with zero attached hydrogens (tertiary/aromatic N) is 1. The van der Waals surface area contributed by atoms with Gasteiger partial charge >= 0.3 is 5.97 Å². The van der Waals surface area contributed by atoms with Crippen LogP contribution >= 0.6 is 11.6 Å². The number of benzene rings is 1. The molecule has 1 aromatic rings. The van der Waals surface area contributed by atoms with Crippen LogP contribution in [0.1, 0.15) is 12.5 Å². The van der Waals surface area contributed by atoms with Crippen molar-refractivity contribution in [1.29, 1.82) is 0 Å². The van der Waals surface area contributed by atoms with E-state index in [-0.39, 0.29) is 5.91 Å². The zero-order valence-corrected chi connectivity index (χ0v) is 10.7. The van der Waals surface area contributed by atoms with Crippen molar-refractivity contribution in [3.8, 4) is 0 Å². The zero-order chi connectivity index (χ0) is 13.5. The molecule has 0 aromatic heterocycles. The molecule has 0 atom stereocenters. The Labute approximate surface area is 110 Å². The van der Waals surface area contributed by atoms with Gasteiger partial charge in [0.1, 0.15) is 0 Å². The molecule has 0 radical (unpaired) electrons. The third-order valence-corrected chi connectivity index (χ3v) is 2.60. The molecule has 1 rings (SSSR count). The van der Waals surface area contributed by atoms with E-state index >= 15 is 0 Å². The largest absolute Gasteiger partial charge is 0.478 e. The van der Waals surface area contributed by atoms with Crippen molar-refractivity contribution in [3.63, 3.8) is 0 Å². The number of rotatable bonds is 5. The summed E-state index contributed by atoms with van der Waals surface area (Å²) in [5.41, 5.74) is 0.943. The van der Waals surface area contributed by atoms with Gasteiger partial charge in [0.2, 0.25) is 5.91 Å². The van der Waals surface area contributed by atoms with Crippen molar-refractivity contribution in [2.75, 3.05) is 6.54 Å². The third-order valence-electron chi connectivity index (χ3n) is 2.35. The normalized spacial score (nSPS) is 10.6. The number of carboxylic acid groups (broad SMARTS) is 1. The van der Waals surface area contributed by atoms with Gasteiger partial charge in [0.15, 0.2) is 0 Å². The fourth-order valence-corrected chi connectivity index (χ4v) is 1.53. The number of likely N-dealkylation sites (N-methyl/N-ethyl adjacent to an activating group) is 1. The predicted octanol–water partition coefficient (Wildman–Crippen LogP) is 2.33. The minimum Gasteiger partial charge on any atom is -0.478 e. The monoisotopic (exact) mass is 267 g/mol. The van der Waals surface area contributed by atoms with Gasteiger partial charge in [-0.2, -0.15) is 0 Å². The summed E-state index contributed by atoms with van der Waals surface area (Å²) in [5, 5.41) is 9.10. The lowest BCUT2D eigenvalue weighted by molar-refractivity contribution is -0.132. The summed E-state index contributed by atoms with van der Waals surface area (Å²) >= 11 is 5.77. The first-order chi connectivity index (χ1) is 8.52. The van der Waals surface area contributed by atoms with E-state index in [0.29, 0.717) is 18.1 Å². The summed E-state index contributed by atoms with van der Waals surface area (Å²) in [5.74, 6) is -1.46. The fraction of sp³-hybridized carbons (Fsp3) is 0.231. The SMILES string of the molecule is CCN(Cc1ccc(Cl)cc1)C(=O)/C=C/C(=O)O. The maximum Gasteiger partial charge on any atom is 0.328 e. The molecule has 0 spiro atoms. The highest BCUT2D eigenvalue weighted by atomic mass is 35.5. The van der Waals surface area contributed by atoms with Gasteiger partial charge in [0.25, 0.3) is 0 Å². The molecule has 0 heterocycles. The quantitative estimate of drug-likeness (QED) is 0.833. The van der Waals surface area contributed by atoms with Crippen LogP contribution in [0.4, 0.5) is 0 Å². The maximum absolute atomic E-state index is 11.7. The molecular formula is C13H14ClNO3. The maximum atomic E-state index is 11.7. The summed E-state index contributed by atoms with van der Waals surface area (Å²) in [6, 6.07) is 7.17. The van der Waals surface area contributed by atoms with Gasteiger partial charge in [-0.3, -0.25) is 4.79 Å². The second kappa shape index (κ2) is 6.81. The number of amides is 1. The lowest BCUT2D eigenvalue weighted by Crippen LogP contribution is -2.28. The van der Waals surface area contributed by atoms with Crippen LogP contribution in [0.3, 0.4) is 0 Å². The van der Waals surface area contributed by atoms with Crippen molar-refractivity contribution in [2.24, 2.45) is 0 Å². The number of carbonyl (C=O) groups excluding carboxylic acids is 1. The van der Waals surface area contributed by atoms with E-state index in [1.54, 1.807) is 17.0 Å². The molecule has 96 valence electrons. The molecule has 0 saturated heterocycles. The number of halogens is 1. The highest BCUT2D eigenvalue weighted by molar-refractivity contribution is 6.30. The first kappa shape index (κ1) is 14.3. The number of aliphatic carboxylic acids is 1. The van der Waals surface area contributed by atoms with Gasteiger partial charge in [-0.15, -0.1) is 0 Å². The van der Waals surface area contributed by atoms with E-state index in [1.165, 1.54) is 0 Å². The molecule has 0 saturated carbocycles. The minimum absolute atomic E-state index is 0.324. The first-order valence-electron chi connectivity index (χ1n) is 5.47. The molecule has 0 aliphatic heterocycles. The fourth-order valence-electron chi connectivity index (χ4n) is 1.40. The van der Waals surface area contributed by atoms with Crippen LogP contribution in [0.25, 0.3) is 0 Å². The smallest absolute Gasteiger partial charge is 0.328 e. The van der Waals surface area contributed by atoms with Gasteiger partial charge < -0.3 is 10.0 Å². The number of hydrogen-bond acceptors (Lipinski definition) is 2. The van der Waals surface area contributed by atoms with E-state index < -0.39 is 5.97 Å². The summed E-state index contributed by atoms with van der Waals surface area (Å²) in [7, 11) is 0. The molecule has 0 fully saturated rings. The predicted molar refractivity (Wildman–Crippen MR) is 69.3 cm³/mol. The second-order valence-corrected chi connectivity index (χ2v) is 4.09. The Morgan fingerprint density at radius 2 is 1.89 bits per heavy atom. The topological polar surface area (TPSA) is 57.6 Å². The number of carboxylic acids is 1. The molecular weight excluding hydrogens is 254 g/mol. The summed E-state index contributed by atoms with van der Waals surface area (Å²) in [6.07, 6.45) is 1.90. The number of hydrogen-bond donors (Lipinski definition) is 1. The van der Waals surface area contributed by atoms with Crippen molar-refractivity contribution in [2.45, 2.75) is 13.5 Å². The summed E-state index contributed by atoms with van der Waals surface area (Å²) in [6.45, 7) is 2.77. The Bertz CT molecular complexity index is 454. The molecule has 18 heavy (non-hydrogen) atoms. The Morgan fingerprint density at radius 1 is 1.28 bits per heavy atom. The van der Waals surface area contributed by atoms with E-state index in [9.17, 15) is 9.59 Å². The molecule has 4 nitrogen and oxygen atoms in total. The van der Waals surface area contributed by atoms with E-state index in [0.717, 1.165) is 17.7 Å². The van der Waals surface area contributed by atoms with Crippen LogP contribution in [0, 0.1) is 0 Å². The number of carbonyl (C=O) groups is 2. The lowest BCUT2D eigenvalue weighted by atomic mass is 10.2. The summed E-state index contributed by atoms with van der Waals surface area (Å²) in [4.78, 5) is 23.6. The van der Waals surface area contributed by atoms with Crippen LogP contribution in [0.2, 0.25) is 5.02 Å². The first-order valence-corrected chi connectivity index (χ1v) is 5.85. The lowest BCUT2D eigenvalue weighted by Gasteiger charge is -2.19. The molecule has 0 aliphatic rings. The van der Waals surface area contributed by atoms with Gasteiger partial charge in [0.05, 0.1) is 0 Å². The molecule has 5 heteroatoms. The molecule has 1 aromatic carbocycles. The highest BCUT2D eigenvalue weighted by Gasteiger charge is 2.09. The van der Waals surface area contributed by atoms with Crippen LogP contribution < -0.4 is 0 Å².